The topological polar surface area (TPSA) is 80.5 Å². The lowest BCUT2D eigenvalue weighted by Crippen LogP contribution is -2.61. The number of nitrogens with zero attached hydrogens (tertiary/aromatic N) is 4. The van der Waals surface area contributed by atoms with Crippen LogP contribution in [0.5, 0.6) is 0 Å². The number of aromatic nitrogens is 4. The molecule has 13 heteroatoms. The molecule has 0 saturated carbocycles. The van der Waals surface area contributed by atoms with E-state index in [1.807, 2.05) is 0 Å². The summed E-state index contributed by atoms with van der Waals surface area (Å²) in [6.45, 7) is 49.2. The predicted molar refractivity (Wildman–Crippen MR) is 222 cm³/mol. The molecule has 0 spiro atoms. The Bertz CT molecular complexity index is 1450. The van der Waals surface area contributed by atoms with Crippen molar-refractivity contribution in [2.75, 3.05) is 6.61 Å². The molecule has 0 radical (unpaired) electrons. The highest BCUT2D eigenvalue weighted by Crippen LogP contribution is 2.48. The number of fused-ring (bicyclic) bond motifs is 1. The van der Waals surface area contributed by atoms with Crippen molar-refractivity contribution in [1.29, 1.82) is 0 Å². The van der Waals surface area contributed by atoms with Crippen LogP contribution >= 0.6 is 11.6 Å². The van der Waals surface area contributed by atoms with Crippen LogP contribution in [0.3, 0.4) is 0 Å². The molecule has 0 N–H and O–H groups in total. The fourth-order valence-corrected chi connectivity index (χ4v) is 17.4. The zero-order chi connectivity index (χ0) is 38.8. The molecule has 2 aromatic heterocycles. The summed E-state index contributed by atoms with van der Waals surface area (Å²) in [5.74, 6) is 0. The van der Waals surface area contributed by atoms with Gasteiger partial charge in [0.25, 0.3) is 0 Å². The molecule has 1 aliphatic rings. The summed E-state index contributed by atoms with van der Waals surface area (Å²) in [6, 6.07) is 0. The molecule has 2 aromatic rings. The largest absolute Gasteiger partial charge is 0.414 e. The van der Waals surface area contributed by atoms with Crippen molar-refractivity contribution >= 4 is 61.2 Å². The third kappa shape index (κ3) is 8.13. The third-order valence-corrected chi connectivity index (χ3v) is 33.7. The minimum absolute atomic E-state index is 0.0138. The zero-order valence-electron chi connectivity index (χ0n) is 35.6. The summed E-state index contributed by atoms with van der Waals surface area (Å²) in [5, 5.41) is 0.365. The number of imidazole rings is 1. The van der Waals surface area contributed by atoms with E-state index in [1.54, 1.807) is 6.33 Å². The van der Waals surface area contributed by atoms with Crippen LogP contribution in [-0.2, 0) is 18.0 Å². The quantitative estimate of drug-likeness (QED) is 0.157. The van der Waals surface area contributed by atoms with Crippen molar-refractivity contribution in [3.8, 4) is 0 Å². The van der Waals surface area contributed by atoms with Crippen LogP contribution in [0.25, 0.3) is 11.2 Å². The molecular formula is C37H73ClN4O4Si4. The number of ether oxygens (including phenoxy) is 1. The standard InChI is InChI=1S/C37H73ClN4O4Si4/c1-24(2)50(25(3)4,26(5)6)34-41-28-31(38)39-23-40-32(28)42(34)33-30(46-49(20,21)37(13,14)15)29(45-48(18,19)36(10,11)12)27(44-33)22-43-47(16,17)35(7,8)9/h23-27,29-30,33H,22H2,1-21H3/t27-,29-,30-,33-/m1/s1. The SMILES string of the molecule is CC(C)[Si](c1nc2c(Cl)ncnc2n1[C@@H]1O[C@H](CO[Si](C)(C)C(C)(C)C)[C@@H](O[Si](C)(C)C(C)(C)C)[C@H]1O[Si](C)(C)C(C)(C)C)(C(C)C)C(C)C. The molecule has 3 rings (SSSR count). The highest BCUT2D eigenvalue weighted by Gasteiger charge is 2.57. The summed E-state index contributed by atoms with van der Waals surface area (Å²) in [4.78, 5) is 14.7. The van der Waals surface area contributed by atoms with E-state index in [4.69, 9.17) is 39.6 Å². The Morgan fingerprint density at radius 1 is 0.720 bits per heavy atom. The maximum Gasteiger partial charge on any atom is 0.192 e. The molecule has 0 amide bonds. The second-order valence-corrected chi connectivity index (χ2v) is 40.8. The van der Waals surface area contributed by atoms with Crippen LogP contribution in [0.1, 0.15) is 110 Å². The molecule has 1 saturated heterocycles. The summed E-state index contributed by atoms with van der Waals surface area (Å²) in [7, 11) is -9.21. The lowest BCUT2D eigenvalue weighted by Gasteiger charge is -2.45. The van der Waals surface area contributed by atoms with Gasteiger partial charge in [0.05, 0.1) is 12.1 Å². The van der Waals surface area contributed by atoms with E-state index < -0.39 is 45.4 Å². The molecule has 1 aliphatic heterocycles. The van der Waals surface area contributed by atoms with Crippen molar-refractivity contribution in [3.05, 3.63) is 11.5 Å². The maximum absolute atomic E-state index is 7.59. The molecule has 0 aliphatic carbocycles. The normalized spacial score (nSPS) is 22.2. The first-order chi connectivity index (χ1) is 22.3. The fourth-order valence-electron chi connectivity index (χ4n) is 7.06. The molecule has 1 fully saturated rings. The fraction of sp³-hybridized carbons (Fsp3) is 0.865. The average Bonchev–Trinajstić information content (AvgIpc) is 3.44. The van der Waals surface area contributed by atoms with E-state index in [9.17, 15) is 0 Å². The lowest BCUT2D eigenvalue weighted by molar-refractivity contribution is -0.0457. The Labute approximate surface area is 315 Å². The van der Waals surface area contributed by atoms with Gasteiger partial charge in [-0.2, -0.15) is 0 Å². The minimum atomic E-state index is -2.40. The Morgan fingerprint density at radius 2 is 1.16 bits per heavy atom. The van der Waals surface area contributed by atoms with Gasteiger partial charge in [-0.05, 0) is 71.0 Å². The highest BCUT2D eigenvalue weighted by molar-refractivity contribution is 6.94. The molecule has 288 valence electrons. The maximum atomic E-state index is 7.59. The van der Waals surface area contributed by atoms with Gasteiger partial charge in [0.2, 0.25) is 0 Å². The summed E-state index contributed by atoms with van der Waals surface area (Å²) in [5.41, 5.74) is 3.56. The molecule has 4 atom stereocenters. The monoisotopic (exact) mass is 784 g/mol. The average molecular weight is 786 g/mol. The van der Waals surface area contributed by atoms with Gasteiger partial charge in [-0.3, -0.25) is 4.57 Å². The van der Waals surface area contributed by atoms with Gasteiger partial charge in [0.1, 0.15) is 38.2 Å². The number of hydrogen-bond donors (Lipinski definition) is 0. The Balaban J connectivity index is 2.46. The smallest absolute Gasteiger partial charge is 0.192 e. The number of rotatable bonds is 12. The highest BCUT2D eigenvalue weighted by atomic mass is 35.5. The molecule has 0 unspecified atom stereocenters. The molecule has 3 heterocycles. The molecule has 8 nitrogen and oxygen atoms in total. The molecule has 0 bridgehead atoms. The number of hydrogen-bond acceptors (Lipinski definition) is 7. The van der Waals surface area contributed by atoms with Crippen molar-refractivity contribution < 1.29 is 18.0 Å². The van der Waals surface area contributed by atoms with Crippen LogP contribution in [-0.4, -0.2) is 77.5 Å². The van der Waals surface area contributed by atoms with E-state index in [1.165, 1.54) is 0 Å². The van der Waals surface area contributed by atoms with Crippen molar-refractivity contribution in [1.82, 2.24) is 19.5 Å². The Hall–Kier alpha value is -0.452. The summed E-state index contributed by atoms with van der Waals surface area (Å²) in [6.07, 6.45) is -0.109. The Kier molecular flexibility index (Phi) is 12.9. The van der Waals surface area contributed by atoms with E-state index in [0.29, 0.717) is 39.5 Å². The van der Waals surface area contributed by atoms with E-state index in [-0.39, 0.29) is 27.3 Å². The first kappa shape index (κ1) is 43.9. The Morgan fingerprint density at radius 3 is 1.58 bits per heavy atom. The predicted octanol–water partition coefficient (Wildman–Crippen LogP) is 11.1. The van der Waals surface area contributed by atoms with Crippen molar-refractivity contribution in [2.45, 2.75) is 199 Å². The van der Waals surface area contributed by atoms with Crippen LogP contribution < -0.4 is 5.45 Å². The molecular weight excluding hydrogens is 712 g/mol. The summed E-state index contributed by atoms with van der Waals surface area (Å²) >= 11 is 6.87. The van der Waals surface area contributed by atoms with E-state index in [2.05, 4.69) is 153 Å². The van der Waals surface area contributed by atoms with Crippen LogP contribution in [0.2, 0.25) is 76.2 Å². The minimum Gasteiger partial charge on any atom is -0.414 e. The van der Waals surface area contributed by atoms with E-state index >= 15 is 0 Å². The van der Waals surface area contributed by atoms with Gasteiger partial charge < -0.3 is 18.0 Å². The van der Waals surface area contributed by atoms with Crippen LogP contribution in [0.15, 0.2) is 6.33 Å². The van der Waals surface area contributed by atoms with E-state index in [0.717, 1.165) is 5.45 Å². The summed E-state index contributed by atoms with van der Waals surface area (Å²) < 4.78 is 31.8. The van der Waals surface area contributed by atoms with Gasteiger partial charge in [-0.1, -0.05) is 115 Å². The second kappa shape index (κ2) is 14.7. The van der Waals surface area contributed by atoms with Gasteiger partial charge in [-0.15, -0.1) is 0 Å². The zero-order valence-corrected chi connectivity index (χ0v) is 40.4. The molecule has 50 heavy (non-hydrogen) atoms. The first-order valence-corrected chi connectivity index (χ1v) is 30.2. The number of halogens is 1. The second-order valence-electron chi connectivity index (χ2n) is 20.4. The van der Waals surface area contributed by atoms with Crippen LogP contribution in [0.4, 0.5) is 0 Å². The first-order valence-electron chi connectivity index (χ1n) is 18.9. The third-order valence-electron chi connectivity index (χ3n) is 13.1. The van der Waals surface area contributed by atoms with Gasteiger partial charge in [0.15, 0.2) is 42.0 Å². The van der Waals surface area contributed by atoms with Crippen LogP contribution in [0, 0.1) is 0 Å². The molecule has 0 aromatic carbocycles. The lowest BCUT2D eigenvalue weighted by atomic mass is 10.1. The van der Waals surface area contributed by atoms with Gasteiger partial charge >= 0.3 is 0 Å². The van der Waals surface area contributed by atoms with Crippen molar-refractivity contribution in [2.24, 2.45) is 0 Å². The van der Waals surface area contributed by atoms with Crippen molar-refractivity contribution in [3.63, 3.8) is 0 Å². The van der Waals surface area contributed by atoms with Gasteiger partial charge in [0, 0.05) is 0 Å². The van der Waals surface area contributed by atoms with Gasteiger partial charge in [-0.25, -0.2) is 15.0 Å².